The van der Waals surface area contributed by atoms with Crippen LogP contribution in [0.4, 0.5) is 0 Å². The average molecular weight is 291 g/mol. The van der Waals surface area contributed by atoms with Gasteiger partial charge in [0.1, 0.15) is 0 Å². The van der Waals surface area contributed by atoms with Gasteiger partial charge in [0, 0.05) is 26.3 Å². The minimum Gasteiger partial charge on any atom is -0.354 e. The van der Waals surface area contributed by atoms with E-state index in [0.717, 1.165) is 30.0 Å². The quantitative estimate of drug-likeness (QED) is 0.661. The van der Waals surface area contributed by atoms with E-state index in [-0.39, 0.29) is 0 Å². The van der Waals surface area contributed by atoms with E-state index < -0.39 is 0 Å². The molecule has 2 N–H and O–H groups in total. The summed E-state index contributed by atoms with van der Waals surface area (Å²) < 4.78 is 1.88. The van der Waals surface area contributed by atoms with Gasteiger partial charge in [-0.05, 0) is 43.6 Å². The van der Waals surface area contributed by atoms with E-state index in [1.807, 2.05) is 31.0 Å². The molecule has 5 heteroatoms. The molecule has 5 nitrogen and oxygen atoms in total. The molecule has 1 heterocycles. The molecule has 0 saturated heterocycles. The van der Waals surface area contributed by atoms with Crippen LogP contribution in [-0.2, 0) is 13.6 Å². The molecule has 0 spiro atoms. The van der Waals surface area contributed by atoms with Gasteiger partial charge >= 0.3 is 0 Å². The van der Waals surface area contributed by atoms with Crippen LogP contribution < -0.4 is 10.6 Å². The van der Waals surface area contributed by atoms with E-state index in [4.69, 9.17) is 0 Å². The van der Waals surface area contributed by atoms with Crippen molar-refractivity contribution < 1.29 is 0 Å². The fraction of sp³-hybridized carbons (Fsp3) is 0.750. The Bertz CT molecular complexity index is 455. The van der Waals surface area contributed by atoms with Crippen molar-refractivity contribution in [2.75, 3.05) is 7.05 Å². The molecule has 1 aliphatic rings. The molecule has 2 rings (SSSR count). The van der Waals surface area contributed by atoms with E-state index in [1.54, 1.807) is 0 Å². The average Bonchev–Trinajstić information content (AvgIpc) is 2.89. The SMILES string of the molecule is CN=C(NCc1ccnn1C)NC1CCC(C(C)C)CC1. The Balaban J connectivity index is 1.77. The van der Waals surface area contributed by atoms with Gasteiger partial charge in [-0.3, -0.25) is 9.67 Å². The minimum atomic E-state index is 0.553. The molecular formula is C16H29N5. The minimum absolute atomic E-state index is 0.553. The third-order valence-corrected chi connectivity index (χ3v) is 4.64. The maximum atomic E-state index is 4.33. The van der Waals surface area contributed by atoms with Crippen molar-refractivity contribution >= 4 is 5.96 Å². The van der Waals surface area contributed by atoms with Gasteiger partial charge in [-0.2, -0.15) is 5.10 Å². The van der Waals surface area contributed by atoms with Crippen molar-refractivity contribution in [2.45, 2.75) is 52.1 Å². The molecule has 1 fully saturated rings. The number of hydrogen-bond donors (Lipinski definition) is 2. The van der Waals surface area contributed by atoms with Gasteiger partial charge < -0.3 is 10.6 Å². The number of aromatic nitrogens is 2. The third kappa shape index (κ3) is 4.48. The zero-order chi connectivity index (χ0) is 15.2. The third-order valence-electron chi connectivity index (χ3n) is 4.64. The van der Waals surface area contributed by atoms with Gasteiger partial charge in [0.15, 0.2) is 5.96 Å². The second-order valence-electron chi connectivity index (χ2n) is 6.37. The number of nitrogens with one attached hydrogen (secondary N) is 2. The summed E-state index contributed by atoms with van der Waals surface area (Å²) in [5.41, 5.74) is 1.15. The van der Waals surface area contributed by atoms with Crippen LogP contribution in [-0.4, -0.2) is 28.8 Å². The lowest BCUT2D eigenvalue weighted by Gasteiger charge is -2.32. The summed E-state index contributed by atoms with van der Waals surface area (Å²) >= 11 is 0. The van der Waals surface area contributed by atoms with Crippen molar-refractivity contribution in [3.8, 4) is 0 Å². The highest BCUT2D eigenvalue weighted by Gasteiger charge is 2.23. The number of nitrogens with zero attached hydrogens (tertiary/aromatic N) is 3. The van der Waals surface area contributed by atoms with Crippen LogP contribution in [0.3, 0.4) is 0 Å². The summed E-state index contributed by atoms with van der Waals surface area (Å²) in [6.45, 7) is 5.43. The zero-order valence-corrected chi connectivity index (χ0v) is 13.8. The Morgan fingerprint density at radius 1 is 1.38 bits per heavy atom. The van der Waals surface area contributed by atoms with Crippen LogP contribution in [0.1, 0.15) is 45.2 Å². The van der Waals surface area contributed by atoms with E-state index in [9.17, 15) is 0 Å². The molecule has 1 saturated carbocycles. The molecule has 118 valence electrons. The molecule has 0 atom stereocenters. The molecule has 0 radical (unpaired) electrons. The first-order valence-corrected chi connectivity index (χ1v) is 8.04. The van der Waals surface area contributed by atoms with Crippen LogP contribution in [0.25, 0.3) is 0 Å². The number of hydrogen-bond acceptors (Lipinski definition) is 2. The predicted molar refractivity (Wildman–Crippen MR) is 87.1 cm³/mol. The van der Waals surface area contributed by atoms with Crippen molar-refractivity contribution in [1.82, 2.24) is 20.4 Å². The van der Waals surface area contributed by atoms with Gasteiger partial charge in [-0.15, -0.1) is 0 Å². The summed E-state index contributed by atoms with van der Waals surface area (Å²) in [6.07, 6.45) is 6.97. The first-order chi connectivity index (χ1) is 10.1. The molecule has 0 amide bonds. The van der Waals surface area contributed by atoms with Gasteiger partial charge in [0.2, 0.25) is 0 Å². The second kappa shape index (κ2) is 7.48. The highest BCUT2D eigenvalue weighted by atomic mass is 15.3. The van der Waals surface area contributed by atoms with Crippen LogP contribution in [0.15, 0.2) is 17.3 Å². The monoisotopic (exact) mass is 291 g/mol. The molecule has 0 aromatic carbocycles. The molecule has 0 aliphatic heterocycles. The Morgan fingerprint density at radius 3 is 2.62 bits per heavy atom. The van der Waals surface area contributed by atoms with Gasteiger partial charge in [-0.25, -0.2) is 0 Å². The summed E-state index contributed by atoms with van der Waals surface area (Å²) in [4.78, 5) is 4.33. The zero-order valence-electron chi connectivity index (χ0n) is 13.8. The standard InChI is InChI=1S/C16H29N5/c1-12(2)13-5-7-14(8-6-13)20-16(17-3)18-11-15-9-10-19-21(15)4/h9-10,12-14H,5-8,11H2,1-4H3,(H2,17,18,20). The van der Waals surface area contributed by atoms with Crippen LogP contribution >= 0.6 is 0 Å². The van der Waals surface area contributed by atoms with E-state index in [1.165, 1.54) is 25.7 Å². The van der Waals surface area contributed by atoms with Crippen molar-refractivity contribution in [1.29, 1.82) is 0 Å². The normalized spacial score (nSPS) is 23.4. The van der Waals surface area contributed by atoms with Crippen molar-refractivity contribution in [3.63, 3.8) is 0 Å². The summed E-state index contributed by atoms with van der Waals surface area (Å²) in [7, 11) is 3.79. The highest BCUT2D eigenvalue weighted by molar-refractivity contribution is 5.79. The Labute approximate surface area is 128 Å². The fourth-order valence-electron chi connectivity index (χ4n) is 3.07. The van der Waals surface area contributed by atoms with Crippen molar-refractivity contribution in [3.05, 3.63) is 18.0 Å². The lowest BCUT2D eigenvalue weighted by atomic mass is 9.80. The second-order valence-corrected chi connectivity index (χ2v) is 6.37. The highest BCUT2D eigenvalue weighted by Crippen LogP contribution is 2.29. The Hall–Kier alpha value is -1.52. The molecule has 0 unspecified atom stereocenters. The predicted octanol–water partition coefficient (Wildman–Crippen LogP) is 2.30. The Kier molecular flexibility index (Phi) is 5.65. The summed E-state index contributed by atoms with van der Waals surface area (Å²) in [5, 5.41) is 11.1. The molecule has 1 aromatic heterocycles. The lowest BCUT2D eigenvalue weighted by Crippen LogP contribution is -2.45. The number of rotatable bonds is 4. The van der Waals surface area contributed by atoms with Crippen molar-refractivity contribution in [2.24, 2.45) is 23.9 Å². The first kappa shape index (κ1) is 15.9. The number of guanidine groups is 1. The van der Waals surface area contributed by atoms with Crippen LogP contribution in [0, 0.1) is 11.8 Å². The molecule has 0 bridgehead atoms. The van der Waals surface area contributed by atoms with E-state index in [2.05, 4.69) is 34.6 Å². The van der Waals surface area contributed by atoms with Crippen LogP contribution in [0.2, 0.25) is 0 Å². The number of aliphatic imine (C=N–C) groups is 1. The van der Waals surface area contributed by atoms with Crippen LogP contribution in [0.5, 0.6) is 0 Å². The maximum absolute atomic E-state index is 4.33. The largest absolute Gasteiger partial charge is 0.354 e. The van der Waals surface area contributed by atoms with Gasteiger partial charge in [0.25, 0.3) is 0 Å². The number of aryl methyl sites for hydroxylation is 1. The van der Waals surface area contributed by atoms with E-state index in [0.29, 0.717) is 6.04 Å². The van der Waals surface area contributed by atoms with Gasteiger partial charge in [0.05, 0.1) is 12.2 Å². The fourth-order valence-corrected chi connectivity index (χ4v) is 3.07. The summed E-state index contributed by atoms with van der Waals surface area (Å²) in [6, 6.07) is 2.58. The van der Waals surface area contributed by atoms with Gasteiger partial charge in [-0.1, -0.05) is 13.8 Å². The summed E-state index contributed by atoms with van der Waals surface area (Å²) in [5.74, 6) is 2.60. The topological polar surface area (TPSA) is 54.2 Å². The lowest BCUT2D eigenvalue weighted by molar-refractivity contribution is 0.250. The Morgan fingerprint density at radius 2 is 2.10 bits per heavy atom. The van der Waals surface area contributed by atoms with E-state index >= 15 is 0 Å². The molecular weight excluding hydrogens is 262 g/mol. The first-order valence-electron chi connectivity index (χ1n) is 8.04. The molecule has 1 aliphatic carbocycles. The molecule has 21 heavy (non-hydrogen) atoms. The maximum Gasteiger partial charge on any atom is 0.191 e. The smallest absolute Gasteiger partial charge is 0.191 e. The molecule has 1 aromatic rings.